The number of aromatic nitrogens is 3. The van der Waals surface area contributed by atoms with Crippen LogP contribution in [0.15, 0.2) is 54.9 Å². The molecule has 0 unspecified atom stereocenters. The summed E-state index contributed by atoms with van der Waals surface area (Å²) in [7, 11) is 0. The van der Waals surface area contributed by atoms with Crippen LogP contribution in [0, 0.1) is 6.92 Å². The number of carbonyl (C=O) groups is 1. The van der Waals surface area contributed by atoms with Gasteiger partial charge in [0.2, 0.25) is 5.91 Å². The number of hydrogen-bond acceptors (Lipinski definition) is 6. The first-order chi connectivity index (χ1) is 18.5. The molecule has 8 nitrogen and oxygen atoms in total. The predicted octanol–water partition coefficient (Wildman–Crippen LogP) is 4.49. The predicted molar refractivity (Wildman–Crippen MR) is 147 cm³/mol. The number of anilines is 1. The third-order valence-electron chi connectivity index (χ3n) is 7.22. The normalized spacial score (nSPS) is 14.3. The Morgan fingerprint density at radius 2 is 2.00 bits per heavy atom. The van der Waals surface area contributed by atoms with Crippen molar-refractivity contribution in [3.8, 4) is 28.3 Å². The van der Waals surface area contributed by atoms with Gasteiger partial charge >= 0.3 is 0 Å². The molecule has 1 saturated heterocycles. The van der Waals surface area contributed by atoms with Gasteiger partial charge in [-0.1, -0.05) is 17.7 Å². The summed E-state index contributed by atoms with van der Waals surface area (Å²) in [6.45, 7) is 6.27. The zero-order valence-electron chi connectivity index (χ0n) is 21.1. The van der Waals surface area contributed by atoms with E-state index in [1.807, 2.05) is 35.9 Å². The molecule has 4 aromatic rings. The van der Waals surface area contributed by atoms with Crippen molar-refractivity contribution in [3.63, 3.8) is 0 Å². The molecule has 0 saturated carbocycles. The zero-order chi connectivity index (χ0) is 26.2. The van der Waals surface area contributed by atoms with Gasteiger partial charge in [-0.15, -0.1) is 0 Å². The summed E-state index contributed by atoms with van der Waals surface area (Å²) in [6.07, 6.45) is 4.31. The van der Waals surface area contributed by atoms with Crippen LogP contribution in [0.5, 0.6) is 5.75 Å². The van der Waals surface area contributed by atoms with Gasteiger partial charge in [0.25, 0.3) is 0 Å². The molecule has 2 aliphatic rings. The SMILES string of the molecule is Cc1nccn1CCOc1ccc(-c2cc(C(N)=O)c3c(n2)-c2ccc(N4CCOCC4)cc2C3)cc1Cl. The van der Waals surface area contributed by atoms with Crippen molar-refractivity contribution in [2.24, 2.45) is 5.73 Å². The molecule has 9 heteroatoms. The van der Waals surface area contributed by atoms with Gasteiger partial charge in [0, 0.05) is 54.3 Å². The van der Waals surface area contributed by atoms with Gasteiger partial charge in [-0.05, 0) is 54.4 Å². The Morgan fingerprint density at radius 3 is 2.74 bits per heavy atom. The third-order valence-corrected chi connectivity index (χ3v) is 7.51. The molecule has 194 valence electrons. The fraction of sp³-hybridized carbons (Fsp3) is 0.276. The van der Waals surface area contributed by atoms with E-state index in [-0.39, 0.29) is 0 Å². The van der Waals surface area contributed by atoms with E-state index in [1.165, 1.54) is 0 Å². The number of primary amides is 1. The van der Waals surface area contributed by atoms with E-state index in [9.17, 15) is 4.79 Å². The zero-order valence-corrected chi connectivity index (χ0v) is 21.9. The summed E-state index contributed by atoms with van der Waals surface area (Å²) in [5.41, 5.74) is 12.8. The molecular formula is C29H28ClN5O3. The Morgan fingerprint density at radius 1 is 1.16 bits per heavy atom. The van der Waals surface area contributed by atoms with Gasteiger partial charge in [-0.2, -0.15) is 0 Å². The number of carbonyl (C=O) groups excluding carboxylic acids is 1. The molecule has 3 heterocycles. The number of rotatable bonds is 7. The molecule has 38 heavy (non-hydrogen) atoms. The Hall–Kier alpha value is -3.88. The van der Waals surface area contributed by atoms with Crippen LogP contribution in [0.3, 0.4) is 0 Å². The molecule has 1 fully saturated rings. The monoisotopic (exact) mass is 529 g/mol. The quantitative estimate of drug-likeness (QED) is 0.334. The van der Waals surface area contributed by atoms with Crippen LogP contribution < -0.4 is 15.4 Å². The number of nitrogens with two attached hydrogens (primary N) is 1. The summed E-state index contributed by atoms with van der Waals surface area (Å²) in [5, 5.41) is 0.475. The van der Waals surface area contributed by atoms with Crippen molar-refractivity contribution in [1.29, 1.82) is 0 Å². The highest BCUT2D eigenvalue weighted by Crippen LogP contribution is 2.41. The van der Waals surface area contributed by atoms with E-state index < -0.39 is 5.91 Å². The minimum absolute atomic E-state index is 0.461. The molecule has 1 amide bonds. The summed E-state index contributed by atoms with van der Waals surface area (Å²) < 4.78 is 13.4. The van der Waals surface area contributed by atoms with E-state index in [2.05, 4.69) is 28.1 Å². The van der Waals surface area contributed by atoms with Crippen molar-refractivity contribution in [3.05, 3.63) is 82.4 Å². The molecule has 0 bridgehead atoms. The van der Waals surface area contributed by atoms with Crippen LogP contribution in [-0.2, 0) is 17.7 Å². The average Bonchev–Trinajstić information content (AvgIpc) is 3.51. The average molecular weight is 530 g/mol. The molecule has 1 aliphatic carbocycles. The third kappa shape index (κ3) is 4.61. The van der Waals surface area contributed by atoms with Gasteiger partial charge in [-0.25, -0.2) is 9.97 Å². The van der Waals surface area contributed by atoms with Crippen LogP contribution in [0.25, 0.3) is 22.5 Å². The standard InChI is InChI=1S/C29H28ClN5O3/c1-18-32-6-7-34(18)10-13-38-27-5-2-19(16-25(27)30)26-17-24(29(31)36)23-15-20-14-21(35-8-11-37-12-9-35)3-4-22(20)28(23)33-26/h2-7,14,16-17H,8-13,15H2,1H3,(H2,31,36). The number of imidazole rings is 1. The second-order valence-electron chi connectivity index (χ2n) is 9.53. The number of pyridine rings is 1. The van der Waals surface area contributed by atoms with E-state index in [0.717, 1.165) is 65.8 Å². The summed E-state index contributed by atoms with van der Waals surface area (Å²) in [4.78, 5) is 24.0. The van der Waals surface area contributed by atoms with Gasteiger partial charge in [-0.3, -0.25) is 4.79 Å². The van der Waals surface area contributed by atoms with Crippen LogP contribution >= 0.6 is 11.6 Å². The maximum Gasteiger partial charge on any atom is 0.249 e. The molecular weight excluding hydrogens is 502 g/mol. The van der Waals surface area contributed by atoms with Crippen molar-refractivity contribution >= 4 is 23.2 Å². The Balaban J connectivity index is 1.28. The van der Waals surface area contributed by atoms with Gasteiger partial charge in [0.05, 0.1) is 36.2 Å². The number of nitrogens with zero attached hydrogens (tertiary/aromatic N) is 4. The Kier molecular flexibility index (Phi) is 6.51. The van der Waals surface area contributed by atoms with Crippen molar-refractivity contribution < 1.29 is 14.3 Å². The van der Waals surface area contributed by atoms with E-state index in [0.29, 0.717) is 41.6 Å². The van der Waals surface area contributed by atoms with Crippen molar-refractivity contribution in [1.82, 2.24) is 14.5 Å². The Labute approximate surface area is 226 Å². The lowest BCUT2D eigenvalue weighted by atomic mass is 10.0. The van der Waals surface area contributed by atoms with Crippen molar-refractivity contribution in [2.75, 3.05) is 37.8 Å². The molecule has 2 aromatic carbocycles. The first-order valence-corrected chi connectivity index (χ1v) is 13.1. The lowest BCUT2D eigenvalue weighted by molar-refractivity contribution is 0.0999. The molecule has 0 spiro atoms. The number of morpholine rings is 1. The highest BCUT2D eigenvalue weighted by Gasteiger charge is 2.27. The van der Waals surface area contributed by atoms with Gasteiger partial charge in [0.15, 0.2) is 0 Å². The number of aryl methyl sites for hydroxylation is 1. The van der Waals surface area contributed by atoms with Gasteiger partial charge in [0.1, 0.15) is 18.2 Å². The number of hydrogen-bond donors (Lipinski definition) is 1. The van der Waals surface area contributed by atoms with Crippen molar-refractivity contribution in [2.45, 2.75) is 19.9 Å². The second-order valence-corrected chi connectivity index (χ2v) is 9.93. The molecule has 0 atom stereocenters. The minimum Gasteiger partial charge on any atom is -0.490 e. The molecule has 1 aliphatic heterocycles. The minimum atomic E-state index is -0.466. The van der Waals surface area contributed by atoms with Crippen LogP contribution in [0.2, 0.25) is 5.02 Å². The lowest BCUT2D eigenvalue weighted by Gasteiger charge is -2.29. The topological polar surface area (TPSA) is 95.5 Å². The Bertz CT molecular complexity index is 1530. The van der Waals surface area contributed by atoms with Gasteiger partial charge < -0.3 is 24.7 Å². The smallest absolute Gasteiger partial charge is 0.249 e. The number of benzene rings is 2. The highest BCUT2D eigenvalue weighted by atomic mass is 35.5. The van der Waals surface area contributed by atoms with E-state index >= 15 is 0 Å². The summed E-state index contributed by atoms with van der Waals surface area (Å²) in [6, 6.07) is 13.7. The highest BCUT2D eigenvalue weighted by molar-refractivity contribution is 6.32. The van der Waals surface area contributed by atoms with Crippen LogP contribution in [0.1, 0.15) is 27.3 Å². The second kappa shape index (κ2) is 10.1. The molecule has 0 radical (unpaired) electrons. The molecule has 2 N–H and O–H groups in total. The van der Waals surface area contributed by atoms with E-state index in [1.54, 1.807) is 12.3 Å². The summed E-state index contributed by atoms with van der Waals surface area (Å²) >= 11 is 6.59. The molecule has 6 rings (SSSR count). The maximum absolute atomic E-state index is 12.5. The number of fused-ring (bicyclic) bond motifs is 3. The maximum atomic E-state index is 12.5. The van der Waals surface area contributed by atoms with E-state index in [4.69, 9.17) is 31.8 Å². The summed E-state index contributed by atoms with van der Waals surface area (Å²) in [5.74, 6) is 1.05. The fourth-order valence-corrected chi connectivity index (χ4v) is 5.41. The lowest BCUT2D eigenvalue weighted by Crippen LogP contribution is -2.36. The fourth-order valence-electron chi connectivity index (χ4n) is 5.18. The van der Waals surface area contributed by atoms with Crippen LogP contribution in [-0.4, -0.2) is 53.4 Å². The first-order valence-electron chi connectivity index (χ1n) is 12.7. The van der Waals surface area contributed by atoms with Crippen LogP contribution in [0.4, 0.5) is 5.69 Å². The number of ether oxygens (including phenoxy) is 2. The first kappa shape index (κ1) is 24.5. The number of amides is 1. The molecule has 2 aromatic heterocycles. The number of halogens is 1. The largest absolute Gasteiger partial charge is 0.490 e.